The van der Waals surface area contributed by atoms with Crippen LogP contribution in [0.5, 0.6) is 0 Å². The minimum Gasteiger partial charge on any atom is -0.478 e. The maximum Gasteiger partial charge on any atom is 0.335 e. The molecule has 0 aromatic heterocycles. The van der Waals surface area contributed by atoms with Crippen molar-refractivity contribution in [2.45, 2.75) is 6.42 Å². The van der Waals surface area contributed by atoms with Crippen molar-refractivity contribution in [2.75, 3.05) is 23.9 Å². The molecule has 0 saturated carbocycles. The molecule has 110 valence electrons. The summed E-state index contributed by atoms with van der Waals surface area (Å²) in [6.07, 6.45) is 2.84. The highest BCUT2D eigenvalue weighted by Crippen LogP contribution is 2.31. The largest absolute Gasteiger partial charge is 0.478 e. The number of aromatic carboxylic acids is 1. The van der Waals surface area contributed by atoms with Crippen LogP contribution in [0.3, 0.4) is 0 Å². The van der Waals surface area contributed by atoms with Gasteiger partial charge in [-0.2, -0.15) is 11.8 Å². The Balaban J connectivity index is 2.68. The Morgan fingerprint density at radius 2 is 1.90 bits per heavy atom. The monoisotopic (exact) mass is 336 g/mol. The number of urea groups is 1. The average molecular weight is 337 g/mol. The second-order valence-electron chi connectivity index (χ2n) is 3.85. The van der Waals surface area contributed by atoms with Gasteiger partial charge in [-0.3, -0.25) is 0 Å². The summed E-state index contributed by atoms with van der Waals surface area (Å²) in [5, 5.41) is 14.2. The number of rotatable bonds is 6. The second kappa shape index (κ2) is 8.24. The van der Waals surface area contributed by atoms with E-state index in [1.165, 1.54) is 12.1 Å². The first-order valence-electron chi connectivity index (χ1n) is 5.71. The highest BCUT2D eigenvalue weighted by molar-refractivity contribution is 7.98. The lowest BCUT2D eigenvalue weighted by molar-refractivity contribution is 0.0697. The number of hydrogen-bond donors (Lipinski definition) is 3. The van der Waals surface area contributed by atoms with Gasteiger partial charge in [0.05, 0.1) is 21.3 Å². The molecular formula is C12H14Cl2N2O3S. The highest BCUT2D eigenvalue weighted by atomic mass is 35.5. The number of anilines is 1. The van der Waals surface area contributed by atoms with Crippen molar-refractivity contribution in [3.63, 3.8) is 0 Å². The molecule has 0 radical (unpaired) electrons. The van der Waals surface area contributed by atoms with Crippen LogP contribution in [0.4, 0.5) is 10.5 Å². The lowest BCUT2D eigenvalue weighted by atomic mass is 10.2. The van der Waals surface area contributed by atoms with E-state index in [9.17, 15) is 9.59 Å². The molecule has 1 rings (SSSR count). The summed E-state index contributed by atoms with van der Waals surface area (Å²) in [4.78, 5) is 22.5. The summed E-state index contributed by atoms with van der Waals surface area (Å²) in [7, 11) is 0. The first-order valence-corrected chi connectivity index (χ1v) is 7.86. The summed E-state index contributed by atoms with van der Waals surface area (Å²) in [5.41, 5.74) is 0.159. The number of carbonyl (C=O) groups excluding carboxylic acids is 1. The molecule has 0 aliphatic heterocycles. The number of carboxylic acids is 1. The Morgan fingerprint density at radius 1 is 1.30 bits per heavy atom. The van der Waals surface area contributed by atoms with E-state index < -0.39 is 12.0 Å². The Morgan fingerprint density at radius 3 is 2.40 bits per heavy atom. The molecule has 3 N–H and O–H groups in total. The van der Waals surface area contributed by atoms with E-state index in [0.29, 0.717) is 6.54 Å². The molecule has 0 atom stereocenters. The van der Waals surface area contributed by atoms with Gasteiger partial charge in [0.15, 0.2) is 0 Å². The molecule has 0 heterocycles. The van der Waals surface area contributed by atoms with Gasteiger partial charge < -0.3 is 15.7 Å². The molecule has 0 aliphatic rings. The van der Waals surface area contributed by atoms with Gasteiger partial charge in [-0.05, 0) is 30.6 Å². The fourth-order valence-corrected chi connectivity index (χ4v) is 2.41. The van der Waals surface area contributed by atoms with Crippen LogP contribution in [-0.2, 0) is 0 Å². The van der Waals surface area contributed by atoms with Gasteiger partial charge in [0.1, 0.15) is 0 Å². The van der Waals surface area contributed by atoms with E-state index in [1.54, 1.807) is 11.8 Å². The predicted molar refractivity (Wildman–Crippen MR) is 83.4 cm³/mol. The number of amides is 2. The molecule has 8 heteroatoms. The van der Waals surface area contributed by atoms with Crippen LogP contribution in [0, 0.1) is 0 Å². The van der Waals surface area contributed by atoms with E-state index in [-0.39, 0.29) is 21.3 Å². The molecule has 5 nitrogen and oxygen atoms in total. The zero-order chi connectivity index (χ0) is 15.1. The van der Waals surface area contributed by atoms with Crippen molar-refractivity contribution in [1.29, 1.82) is 0 Å². The molecule has 0 unspecified atom stereocenters. The van der Waals surface area contributed by atoms with E-state index >= 15 is 0 Å². The molecule has 1 aromatic carbocycles. The Kier molecular flexibility index (Phi) is 6.98. The lowest BCUT2D eigenvalue weighted by Crippen LogP contribution is -2.30. The quantitative estimate of drug-likeness (QED) is 0.694. The van der Waals surface area contributed by atoms with Crippen LogP contribution in [-0.4, -0.2) is 35.7 Å². The van der Waals surface area contributed by atoms with Crippen molar-refractivity contribution in [1.82, 2.24) is 5.32 Å². The number of hydrogen-bond acceptors (Lipinski definition) is 3. The zero-order valence-electron chi connectivity index (χ0n) is 10.7. The molecule has 20 heavy (non-hydrogen) atoms. The summed E-state index contributed by atoms with van der Waals surface area (Å²) in [6, 6.07) is 2.04. The SMILES string of the molecule is CSCCCNC(=O)Nc1c(Cl)cc(C(=O)O)cc1Cl. The standard InChI is InChI=1S/C12H14Cl2N2O3S/c1-20-4-2-3-15-12(19)16-10-8(13)5-7(11(17)18)6-9(10)14/h5-6H,2-4H2,1H3,(H,17,18)(H2,15,16,19). The third kappa shape index (κ3) is 5.11. The number of carboxylic acid groups (broad SMARTS) is 1. The van der Waals surface area contributed by atoms with Gasteiger partial charge in [0.25, 0.3) is 0 Å². The number of benzene rings is 1. The molecule has 0 spiro atoms. The van der Waals surface area contributed by atoms with Gasteiger partial charge in [0.2, 0.25) is 0 Å². The summed E-state index contributed by atoms with van der Waals surface area (Å²) in [6.45, 7) is 0.537. The smallest absolute Gasteiger partial charge is 0.335 e. The van der Waals surface area contributed by atoms with Crippen LogP contribution >= 0.6 is 35.0 Å². The van der Waals surface area contributed by atoms with Crippen LogP contribution in [0.1, 0.15) is 16.8 Å². The Labute approximate surface area is 131 Å². The van der Waals surface area contributed by atoms with Gasteiger partial charge in [-0.25, -0.2) is 9.59 Å². The van der Waals surface area contributed by atoms with E-state index in [0.717, 1.165) is 12.2 Å². The second-order valence-corrected chi connectivity index (χ2v) is 5.65. The van der Waals surface area contributed by atoms with Crippen LogP contribution < -0.4 is 10.6 Å². The Hall–Kier alpha value is -1.11. The molecule has 2 amide bonds. The minimum atomic E-state index is -1.14. The minimum absolute atomic E-state index is 0.0362. The van der Waals surface area contributed by atoms with E-state index in [4.69, 9.17) is 28.3 Å². The summed E-state index contributed by atoms with van der Waals surface area (Å²) >= 11 is 13.5. The first kappa shape index (κ1) is 16.9. The number of nitrogens with one attached hydrogen (secondary N) is 2. The highest BCUT2D eigenvalue weighted by Gasteiger charge is 2.14. The number of thioether (sulfide) groups is 1. The summed E-state index contributed by atoms with van der Waals surface area (Å²) in [5.74, 6) is -0.184. The van der Waals surface area contributed by atoms with Crippen molar-refractivity contribution >= 4 is 52.7 Å². The normalized spacial score (nSPS) is 10.2. The van der Waals surface area contributed by atoms with E-state index in [1.807, 2.05) is 6.26 Å². The lowest BCUT2D eigenvalue weighted by Gasteiger charge is -2.11. The molecular weight excluding hydrogens is 323 g/mol. The number of halogens is 2. The molecule has 0 aliphatic carbocycles. The van der Waals surface area contributed by atoms with Gasteiger partial charge >= 0.3 is 12.0 Å². The molecule has 0 bridgehead atoms. The van der Waals surface area contributed by atoms with Crippen LogP contribution in [0.25, 0.3) is 0 Å². The van der Waals surface area contributed by atoms with Crippen molar-refractivity contribution in [3.05, 3.63) is 27.7 Å². The Bertz CT molecular complexity index is 488. The van der Waals surface area contributed by atoms with Gasteiger partial charge in [-0.1, -0.05) is 23.2 Å². The topological polar surface area (TPSA) is 78.4 Å². The predicted octanol–water partition coefficient (Wildman–Crippen LogP) is 3.57. The fourth-order valence-electron chi connectivity index (χ4n) is 1.39. The van der Waals surface area contributed by atoms with Gasteiger partial charge in [0, 0.05) is 6.54 Å². The van der Waals surface area contributed by atoms with Crippen molar-refractivity contribution < 1.29 is 14.7 Å². The average Bonchev–Trinajstić information content (AvgIpc) is 2.38. The zero-order valence-corrected chi connectivity index (χ0v) is 13.0. The number of carbonyl (C=O) groups is 2. The third-order valence-electron chi connectivity index (χ3n) is 2.34. The first-order chi connectivity index (χ1) is 9.45. The van der Waals surface area contributed by atoms with Crippen LogP contribution in [0.2, 0.25) is 10.0 Å². The maximum atomic E-state index is 11.6. The van der Waals surface area contributed by atoms with E-state index in [2.05, 4.69) is 10.6 Å². The van der Waals surface area contributed by atoms with Gasteiger partial charge in [-0.15, -0.1) is 0 Å². The molecule has 1 aromatic rings. The molecule has 0 fully saturated rings. The van der Waals surface area contributed by atoms with Crippen LogP contribution in [0.15, 0.2) is 12.1 Å². The summed E-state index contributed by atoms with van der Waals surface area (Å²) < 4.78 is 0. The van der Waals surface area contributed by atoms with Crippen molar-refractivity contribution in [3.8, 4) is 0 Å². The third-order valence-corrected chi connectivity index (χ3v) is 3.63. The fraction of sp³-hybridized carbons (Fsp3) is 0.333. The van der Waals surface area contributed by atoms with Crippen molar-refractivity contribution in [2.24, 2.45) is 0 Å². The maximum absolute atomic E-state index is 11.6. The molecule has 0 saturated heterocycles.